The molecule has 6 nitrogen and oxygen atoms in total. The van der Waals surface area contributed by atoms with Crippen LogP contribution >= 0.6 is 0 Å². The maximum absolute atomic E-state index is 11.6. The Bertz CT molecular complexity index is 617. The molecule has 124 valence electrons. The van der Waals surface area contributed by atoms with Gasteiger partial charge in [0.15, 0.2) is 0 Å². The Kier molecular flexibility index (Phi) is 5.87. The van der Waals surface area contributed by atoms with Gasteiger partial charge in [-0.05, 0) is 39.3 Å². The molecule has 2 aromatic rings. The fourth-order valence-corrected chi connectivity index (χ4v) is 1.97. The molecular formula is C17H24N4O2. The van der Waals surface area contributed by atoms with Crippen molar-refractivity contribution in [3.63, 3.8) is 0 Å². The molecule has 0 aliphatic heterocycles. The van der Waals surface area contributed by atoms with Gasteiger partial charge in [-0.15, -0.1) is 0 Å². The maximum Gasteiger partial charge on any atom is 0.246 e. The van der Waals surface area contributed by atoms with Crippen LogP contribution in [-0.2, 0) is 16.1 Å². The van der Waals surface area contributed by atoms with Gasteiger partial charge in [0.2, 0.25) is 5.91 Å². The first-order chi connectivity index (χ1) is 10.9. The first kappa shape index (κ1) is 17.1. The molecule has 0 unspecified atom stereocenters. The van der Waals surface area contributed by atoms with E-state index in [1.165, 1.54) is 0 Å². The largest absolute Gasteiger partial charge is 0.366 e. The second-order valence-electron chi connectivity index (χ2n) is 6.34. The zero-order valence-electron chi connectivity index (χ0n) is 14.0. The van der Waals surface area contributed by atoms with E-state index in [4.69, 9.17) is 4.74 Å². The number of pyridine rings is 1. The third-order valence-corrected chi connectivity index (χ3v) is 3.14. The van der Waals surface area contributed by atoms with Crippen LogP contribution in [0.5, 0.6) is 0 Å². The van der Waals surface area contributed by atoms with Gasteiger partial charge < -0.3 is 14.6 Å². The third kappa shape index (κ3) is 6.20. The van der Waals surface area contributed by atoms with Crippen molar-refractivity contribution >= 4 is 5.91 Å². The number of rotatable bonds is 7. The number of hydrogen-bond donors (Lipinski definition) is 1. The van der Waals surface area contributed by atoms with Crippen molar-refractivity contribution in [3.05, 3.63) is 37.1 Å². The zero-order chi connectivity index (χ0) is 16.7. The van der Waals surface area contributed by atoms with E-state index in [9.17, 15) is 4.79 Å². The molecule has 0 saturated heterocycles. The molecule has 1 N–H and O–H groups in total. The highest BCUT2D eigenvalue weighted by Crippen LogP contribution is 2.14. The van der Waals surface area contributed by atoms with Gasteiger partial charge in [-0.3, -0.25) is 9.78 Å². The number of carbonyl (C=O) groups is 1. The molecule has 23 heavy (non-hydrogen) atoms. The summed E-state index contributed by atoms with van der Waals surface area (Å²) < 4.78 is 7.44. The van der Waals surface area contributed by atoms with Crippen LogP contribution in [0.4, 0.5) is 0 Å². The molecule has 0 aromatic carbocycles. The maximum atomic E-state index is 11.6. The lowest BCUT2D eigenvalue weighted by Crippen LogP contribution is -2.32. The molecule has 0 aliphatic carbocycles. The number of imidazole rings is 1. The summed E-state index contributed by atoms with van der Waals surface area (Å²) in [5, 5.41) is 2.86. The van der Waals surface area contributed by atoms with Crippen molar-refractivity contribution in [1.82, 2.24) is 19.9 Å². The minimum absolute atomic E-state index is 0.0818. The van der Waals surface area contributed by atoms with Gasteiger partial charge >= 0.3 is 0 Å². The number of carbonyl (C=O) groups excluding carboxylic acids is 1. The molecule has 0 saturated carbocycles. The molecule has 0 atom stereocenters. The van der Waals surface area contributed by atoms with E-state index in [0.29, 0.717) is 6.54 Å². The fraction of sp³-hybridized carbons (Fsp3) is 0.471. The number of aryl methyl sites for hydroxylation is 1. The molecule has 0 bridgehead atoms. The molecule has 6 heteroatoms. The summed E-state index contributed by atoms with van der Waals surface area (Å²) >= 11 is 0. The Labute approximate surface area is 136 Å². The van der Waals surface area contributed by atoms with Crippen LogP contribution in [0.2, 0.25) is 0 Å². The highest BCUT2D eigenvalue weighted by atomic mass is 16.5. The van der Waals surface area contributed by atoms with Crippen LogP contribution in [0.1, 0.15) is 27.2 Å². The summed E-state index contributed by atoms with van der Waals surface area (Å²) in [6, 6.07) is 3.87. The summed E-state index contributed by atoms with van der Waals surface area (Å²) in [5.74, 6) is -0.0818. The van der Waals surface area contributed by atoms with Crippen LogP contribution in [0.3, 0.4) is 0 Å². The number of amides is 1. The molecule has 0 aliphatic rings. The van der Waals surface area contributed by atoms with Crippen molar-refractivity contribution in [1.29, 1.82) is 0 Å². The van der Waals surface area contributed by atoms with Crippen molar-refractivity contribution in [2.24, 2.45) is 0 Å². The highest BCUT2D eigenvalue weighted by molar-refractivity contribution is 5.77. The highest BCUT2D eigenvalue weighted by Gasteiger charge is 2.12. The summed E-state index contributed by atoms with van der Waals surface area (Å²) in [7, 11) is 0. The van der Waals surface area contributed by atoms with Gasteiger partial charge in [-0.1, -0.05) is 0 Å². The van der Waals surface area contributed by atoms with E-state index >= 15 is 0 Å². The fourth-order valence-electron chi connectivity index (χ4n) is 1.97. The smallest absolute Gasteiger partial charge is 0.246 e. The quantitative estimate of drug-likeness (QED) is 0.796. The Morgan fingerprint density at radius 2 is 2.22 bits per heavy atom. The normalized spacial score (nSPS) is 11.4. The van der Waals surface area contributed by atoms with Crippen LogP contribution in [0.15, 0.2) is 37.1 Å². The number of nitrogens with one attached hydrogen (secondary N) is 1. The lowest BCUT2D eigenvalue weighted by molar-refractivity contribution is -0.130. The lowest BCUT2D eigenvalue weighted by atomic mass is 10.2. The number of nitrogens with zero attached hydrogens (tertiary/aromatic N) is 3. The molecular weight excluding hydrogens is 292 g/mol. The second kappa shape index (κ2) is 7.87. The van der Waals surface area contributed by atoms with Crippen LogP contribution in [0.25, 0.3) is 11.3 Å². The zero-order valence-corrected chi connectivity index (χ0v) is 14.0. The summed E-state index contributed by atoms with van der Waals surface area (Å²) in [6.07, 6.45) is 8.16. The van der Waals surface area contributed by atoms with E-state index in [0.717, 1.165) is 24.2 Å². The summed E-state index contributed by atoms with van der Waals surface area (Å²) in [4.78, 5) is 20.1. The van der Waals surface area contributed by atoms with Gasteiger partial charge in [-0.25, -0.2) is 4.98 Å². The van der Waals surface area contributed by atoms with Crippen LogP contribution < -0.4 is 5.32 Å². The molecule has 2 aromatic heterocycles. The minimum atomic E-state index is -0.295. The first-order valence-corrected chi connectivity index (χ1v) is 7.77. The lowest BCUT2D eigenvalue weighted by Gasteiger charge is -2.18. The SMILES string of the molecule is CC(C)(C)OCC(=O)NCCCn1cnc(-c2cccnc2)c1. The Hall–Kier alpha value is -2.21. The number of aromatic nitrogens is 3. The van der Waals surface area contributed by atoms with Crippen LogP contribution in [-0.4, -0.2) is 39.2 Å². The van der Waals surface area contributed by atoms with Crippen molar-refractivity contribution in [2.45, 2.75) is 39.3 Å². The van der Waals surface area contributed by atoms with Crippen molar-refractivity contribution in [2.75, 3.05) is 13.2 Å². The average Bonchev–Trinajstić information content (AvgIpc) is 2.99. The molecule has 0 radical (unpaired) electrons. The van der Waals surface area contributed by atoms with E-state index in [-0.39, 0.29) is 18.1 Å². The molecule has 2 rings (SSSR count). The third-order valence-electron chi connectivity index (χ3n) is 3.14. The Morgan fingerprint density at radius 1 is 1.39 bits per heavy atom. The summed E-state index contributed by atoms with van der Waals surface area (Å²) in [6.45, 7) is 7.30. The predicted molar refractivity (Wildman–Crippen MR) is 88.8 cm³/mol. The monoisotopic (exact) mass is 316 g/mol. The second-order valence-corrected chi connectivity index (χ2v) is 6.34. The van der Waals surface area contributed by atoms with Crippen LogP contribution in [0, 0.1) is 0 Å². The van der Waals surface area contributed by atoms with Crippen molar-refractivity contribution in [3.8, 4) is 11.3 Å². The Balaban J connectivity index is 1.69. The van der Waals surface area contributed by atoms with E-state index < -0.39 is 0 Å². The molecule has 0 fully saturated rings. The van der Waals surface area contributed by atoms with Gasteiger partial charge in [0.25, 0.3) is 0 Å². The van der Waals surface area contributed by atoms with E-state index in [2.05, 4.69) is 15.3 Å². The standard InChI is InChI=1S/C17H24N4O2/c1-17(2,3)23-12-16(22)19-8-5-9-21-11-15(20-13-21)14-6-4-7-18-10-14/h4,6-7,10-11,13H,5,8-9,12H2,1-3H3,(H,19,22). The molecule has 0 spiro atoms. The Morgan fingerprint density at radius 3 is 2.91 bits per heavy atom. The van der Waals surface area contributed by atoms with Gasteiger partial charge in [0.1, 0.15) is 6.61 Å². The van der Waals surface area contributed by atoms with Gasteiger partial charge in [0, 0.05) is 37.2 Å². The average molecular weight is 316 g/mol. The van der Waals surface area contributed by atoms with E-state index in [1.807, 2.05) is 43.7 Å². The number of hydrogen-bond acceptors (Lipinski definition) is 4. The van der Waals surface area contributed by atoms with Gasteiger partial charge in [-0.2, -0.15) is 0 Å². The predicted octanol–water partition coefficient (Wildman–Crippen LogP) is 2.27. The minimum Gasteiger partial charge on any atom is -0.366 e. The van der Waals surface area contributed by atoms with E-state index in [1.54, 1.807) is 18.7 Å². The number of ether oxygens (including phenoxy) is 1. The molecule has 2 heterocycles. The van der Waals surface area contributed by atoms with Crippen molar-refractivity contribution < 1.29 is 9.53 Å². The van der Waals surface area contributed by atoms with Gasteiger partial charge in [0.05, 0.1) is 17.6 Å². The first-order valence-electron chi connectivity index (χ1n) is 7.77. The molecule has 1 amide bonds. The summed E-state index contributed by atoms with van der Waals surface area (Å²) in [5.41, 5.74) is 1.61. The topological polar surface area (TPSA) is 69.0 Å².